The largest absolute Gasteiger partial charge is 0.291 e. The number of hydrogen-bond acceptors (Lipinski definition) is 5. The first-order valence-electron chi connectivity index (χ1n) is 10.9. The van der Waals surface area contributed by atoms with E-state index < -0.39 is 0 Å². The Bertz CT molecular complexity index is 1580. The zero-order valence-electron chi connectivity index (χ0n) is 19.1. The lowest BCUT2D eigenvalue weighted by Gasteiger charge is -2.13. The maximum atomic E-state index is 13.2. The number of rotatable bonds is 5. The molecule has 5 aromatic rings. The van der Waals surface area contributed by atoms with E-state index >= 15 is 0 Å². The van der Waals surface area contributed by atoms with Crippen molar-refractivity contribution >= 4 is 28.0 Å². The molecule has 5 rings (SSSR count). The Balaban J connectivity index is 1.45. The fourth-order valence-electron chi connectivity index (χ4n) is 4.10. The molecule has 0 atom stereocenters. The molecule has 0 aliphatic carbocycles. The number of aromatic nitrogens is 4. The van der Waals surface area contributed by atoms with Crippen LogP contribution in [0.5, 0.6) is 0 Å². The van der Waals surface area contributed by atoms with Gasteiger partial charge in [0.05, 0.1) is 16.1 Å². The van der Waals surface area contributed by atoms with Crippen LogP contribution in [0.15, 0.2) is 70.8 Å². The molecule has 3 heterocycles. The van der Waals surface area contributed by atoms with Crippen LogP contribution in [0.1, 0.15) is 32.4 Å². The zero-order chi connectivity index (χ0) is 23.8. The van der Waals surface area contributed by atoms with Gasteiger partial charge in [0.1, 0.15) is 0 Å². The lowest BCUT2D eigenvalue weighted by Crippen LogP contribution is -2.29. The summed E-state index contributed by atoms with van der Waals surface area (Å²) in [4.78, 5) is 30.5. The number of carbonyl (C=O) groups is 1. The second-order valence-electron chi connectivity index (χ2n) is 8.17. The zero-order valence-corrected chi connectivity index (χ0v) is 19.9. The Morgan fingerprint density at radius 1 is 1.03 bits per heavy atom. The van der Waals surface area contributed by atoms with Gasteiger partial charge in [0.25, 0.3) is 11.5 Å². The predicted molar refractivity (Wildman–Crippen MR) is 135 cm³/mol. The van der Waals surface area contributed by atoms with E-state index in [4.69, 9.17) is 4.98 Å². The fraction of sp³-hybridized carbons (Fsp3) is 0.154. The molecule has 0 spiro atoms. The normalized spacial score (nSPS) is 11.1. The molecule has 0 aliphatic heterocycles. The van der Waals surface area contributed by atoms with Gasteiger partial charge >= 0.3 is 0 Å². The van der Waals surface area contributed by atoms with Crippen molar-refractivity contribution < 1.29 is 4.79 Å². The van der Waals surface area contributed by atoms with Crippen molar-refractivity contribution in [1.82, 2.24) is 19.4 Å². The van der Waals surface area contributed by atoms with Gasteiger partial charge in [-0.2, -0.15) is 5.10 Å². The molecule has 3 aromatic heterocycles. The topological polar surface area (TPSA) is 81.8 Å². The van der Waals surface area contributed by atoms with Gasteiger partial charge in [-0.25, -0.2) is 9.67 Å². The molecule has 170 valence electrons. The number of nitrogens with one attached hydrogen (secondary N) is 1. The average Bonchev–Trinajstić information content (AvgIpc) is 3.41. The maximum Gasteiger partial charge on any atom is 0.291 e. The number of benzene rings is 2. The van der Waals surface area contributed by atoms with E-state index in [1.807, 2.05) is 43.5 Å². The summed E-state index contributed by atoms with van der Waals surface area (Å²) in [6.07, 6.45) is 0.784. The van der Waals surface area contributed by atoms with Gasteiger partial charge in [0.2, 0.25) is 0 Å². The Hall–Kier alpha value is -4.04. The molecule has 34 heavy (non-hydrogen) atoms. The van der Waals surface area contributed by atoms with E-state index in [1.54, 1.807) is 47.3 Å². The second-order valence-corrected chi connectivity index (χ2v) is 9.12. The third kappa shape index (κ3) is 3.92. The number of carbonyl (C=O) groups excluding carboxylic acids is 1. The van der Waals surface area contributed by atoms with Crippen LogP contribution in [0.4, 0.5) is 0 Å². The standard InChI is InChI=1S/C26H23N5O2S/c1-16-13-21(22-15-34-23(27-22)14-18-9-5-4-6-10-18)17(2)31(16)29-25(32)24-19-11-7-8-12-20(19)26(33)30(3)28-24/h4-13,15H,14H2,1-3H3,(H,29,32). The number of hydrogen-bond donors (Lipinski definition) is 1. The van der Waals surface area contributed by atoms with Crippen molar-refractivity contribution in [1.29, 1.82) is 0 Å². The quantitative estimate of drug-likeness (QED) is 0.412. The molecule has 0 aliphatic rings. The van der Waals surface area contributed by atoms with Gasteiger partial charge < -0.3 is 0 Å². The first-order chi connectivity index (χ1) is 16.4. The van der Waals surface area contributed by atoms with Gasteiger partial charge in [-0.3, -0.25) is 19.7 Å². The number of thiazole rings is 1. The minimum atomic E-state index is -0.386. The number of amides is 1. The van der Waals surface area contributed by atoms with E-state index in [1.165, 1.54) is 10.2 Å². The molecule has 8 heteroatoms. The van der Waals surface area contributed by atoms with Crippen LogP contribution < -0.4 is 11.0 Å². The summed E-state index contributed by atoms with van der Waals surface area (Å²) >= 11 is 1.63. The molecule has 2 aromatic carbocycles. The van der Waals surface area contributed by atoms with Gasteiger partial charge in [-0.05, 0) is 31.5 Å². The smallest absolute Gasteiger partial charge is 0.267 e. The van der Waals surface area contributed by atoms with E-state index in [-0.39, 0.29) is 17.2 Å². The maximum absolute atomic E-state index is 13.2. The number of fused-ring (bicyclic) bond motifs is 1. The molecule has 0 bridgehead atoms. The molecular formula is C26H23N5O2S. The third-order valence-corrected chi connectivity index (χ3v) is 6.69. The highest BCUT2D eigenvalue weighted by Gasteiger charge is 2.19. The lowest BCUT2D eigenvalue weighted by atomic mass is 10.1. The van der Waals surface area contributed by atoms with E-state index in [9.17, 15) is 9.59 Å². The van der Waals surface area contributed by atoms with Crippen molar-refractivity contribution in [3.8, 4) is 11.3 Å². The first-order valence-corrected chi connectivity index (χ1v) is 11.8. The molecule has 1 amide bonds. The average molecular weight is 470 g/mol. The molecule has 0 radical (unpaired) electrons. The summed E-state index contributed by atoms with van der Waals surface area (Å²) in [5.74, 6) is -0.386. The van der Waals surface area contributed by atoms with E-state index in [0.717, 1.165) is 34.1 Å². The Labute approximate surface area is 200 Å². The number of nitrogens with zero attached hydrogens (tertiary/aromatic N) is 4. The van der Waals surface area contributed by atoms with Crippen LogP contribution in [-0.4, -0.2) is 25.3 Å². The SMILES string of the molecule is Cc1cc(-c2csc(Cc3ccccc3)n2)c(C)n1NC(=O)c1nn(C)c(=O)c2ccccc12. The van der Waals surface area contributed by atoms with Gasteiger partial charge in [-0.15, -0.1) is 11.3 Å². The van der Waals surface area contributed by atoms with Crippen LogP contribution in [0, 0.1) is 13.8 Å². The predicted octanol–water partition coefficient (Wildman–Crippen LogP) is 4.45. The summed E-state index contributed by atoms with van der Waals surface area (Å²) < 4.78 is 2.94. The second kappa shape index (κ2) is 8.72. The number of aryl methyl sites for hydroxylation is 2. The minimum Gasteiger partial charge on any atom is -0.267 e. The molecule has 0 fully saturated rings. The van der Waals surface area contributed by atoms with Crippen LogP contribution in [0.25, 0.3) is 22.0 Å². The minimum absolute atomic E-state index is 0.200. The molecule has 0 unspecified atom stereocenters. The first kappa shape index (κ1) is 21.8. The van der Waals surface area contributed by atoms with Crippen molar-refractivity contribution in [3.63, 3.8) is 0 Å². The van der Waals surface area contributed by atoms with Gasteiger partial charge in [-0.1, -0.05) is 48.5 Å². The van der Waals surface area contributed by atoms with Crippen molar-refractivity contribution in [2.24, 2.45) is 7.05 Å². The Morgan fingerprint density at radius 2 is 1.74 bits per heavy atom. The molecule has 7 nitrogen and oxygen atoms in total. The summed E-state index contributed by atoms with van der Waals surface area (Å²) in [5.41, 5.74) is 7.72. The Kier molecular flexibility index (Phi) is 5.59. The monoisotopic (exact) mass is 469 g/mol. The molecular weight excluding hydrogens is 446 g/mol. The Morgan fingerprint density at radius 3 is 2.50 bits per heavy atom. The fourth-order valence-corrected chi connectivity index (χ4v) is 4.93. The molecule has 1 N–H and O–H groups in total. The highest BCUT2D eigenvalue weighted by atomic mass is 32.1. The lowest BCUT2D eigenvalue weighted by molar-refractivity contribution is 0.100. The summed E-state index contributed by atoms with van der Waals surface area (Å²) in [5, 5.41) is 8.30. The van der Waals surface area contributed by atoms with Crippen molar-refractivity contribution in [3.05, 3.63) is 104 Å². The highest BCUT2D eigenvalue weighted by Crippen LogP contribution is 2.28. The van der Waals surface area contributed by atoms with Crippen LogP contribution in [0.3, 0.4) is 0 Å². The molecule has 0 saturated heterocycles. The van der Waals surface area contributed by atoms with Crippen molar-refractivity contribution in [2.75, 3.05) is 5.43 Å². The van der Waals surface area contributed by atoms with Gasteiger partial charge in [0, 0.05) is 41.2 Å². The summed E-state index contributed by atoms with van der Waals surface area (Å²) in [7, 11) is 1.55. The van der Waals surface area contributed by atoms with Gasteiger partial charge in [0.15, 0.2) is 5.69 Å². The summed E-state index contributed by atoms with van der Waals surface area (Å²) in [6, 6.07) is 19.3. The van der Waals surface area contributed by atoms with Crippen LogP contribution >= 0.6 is 11.3 Å². The van der Waals surface area contributed by atoms with E-state index in [2.05, 4.69) is 22.7 Å². The van der Waals surface area contributed by atoms with Crippen LogP contribution in [-0.2, 0) is 13.5 Å². The third-order valence-electron chi connectivity index (χ3n) is 5.84. The van der Waals surface area contributed by atoms with Crippen LogP contribution in [0.2, 0.25) is 0 Å². The van der Waals surface area contributed by atoms with Crippen molar-refractivity contribution in [2.45, 2.75) is 20.3 Å². The molecule has 0 saturated carbocycles. The van der Waals surface area contributed by atoms with E-state index in [0.29, 0.717) is 10.8 Å². The summed E-state index contributed by atoms with van der Waals surface area (Å²) in [6.45, 7) is 3.88. The highest BCUT2D eigenvalue weighted by molar-refractivity contribution is 7.10.